The van der Waals surface area contributed by atoms with Crippen LogP contribution in [0.3, 0.4) is 0 Å². The first kappa shape index (κ1) is 40.8. The van der Waals surface area contributed by atoms with Gasteiger partial charge in [0.05, 0.1) is 0 Å². The number of nitrogens with zero attached hydrogens (tertiary/aromatic N) is 1. The van der Waals surface area contributed by atoms with Gasteiger partial charge in [-0.1, -0.05) is 131 Å². The summed E-state index contributed by atoms with van der Waals surface area (Å²) in [5, 5.41) is 17.2. The summed E-state index contributed by atoms with van der Waals surface area (Å²) in [5.74, 6) is 0.104. The van der Waals surface area contributed by atoms with E-state index in [1.165, 1.54) is 71.9 Å². The first-order valence-electron chi connectivity index (χ1n) is 18.7. The summed E-state index contributed by atoms with van der Waals surface area (Å²) in [7, 11) is 0. The van der Waals surface area contributed by atoms with Crippen LogP contribution < -0.4 is 0 Å². The first-order valence-corrected chi connectivity index (χ1v) is 19.5. The van der Waals surface area contributed by atoms with Crippen LogP contribution in [-0.2, 0) is 41.1 Å². The molecular weight excluding hydrogens is 847 g/mol. The Morgan fingerprint density at radius 2 is 1.34 bits per heavy atom. The van der Waals surface area contributed by atoms with Gasteiger partial charge in [0.2, 0.25) is 0 Å². The molecule has 53 heavy (non-hydrogen) atoms. The van der Waals surface area contributed by atoms with Crippen molar-refractivity contribution in [1.82, 2.24) is 4.98 Å². The van der Waals surface area contributed by atoms with Gasteiger partial charge in [0.15, 0.2) is 5.78 Å². The number of pyridine rings is 1. The van der Waals surface area contributed by atoms with E-state index < -0.39 is 5.41 Å². The molecule has 4 aromatic carbocycles. The summed E-state index contributed by atoms with van der Waals surface area (Å²) in [6.45, 7) is 27.7. The number of thiophene rings is 1. The Hall–Kier alpha value is -3.37. The normalized spacial score (nSPS) is 15.9. The van der Waals surface area contributed by atoms with Crippen LogP contribution in [0.25, 0.3) is 53.0 Å². The zero-order valence-corrected chi connectivity index (χ0v) is 37.1. The van der Waals surface area contributed by atoms with E-state index in [-0.39, 0.29) is 53.3 Å². The predicted octanol–water partition coefficient (Wildman–Crippen LogP) is 14.0. The SMILES string of the molecule is CC(C)(C)C(=O)/C=C(\O)C(C)(C)C.CC(C)(C)c1cc(-c2nccc3c2ccc2c4cc5c(cc4sc32)C(C)(C)CCC5(C)C)[c-]c2ccccc12.[Ir]. The smallest absolute Gasteiger partial charge is 0.164 e. The minimum atomic E-state index is -0.417. The molecule has 281 valence electrons. The van der Waals surface area contributed by atoms with Crippen molar-refractivity contribution in [2.24, 2.45) is 10.8 Å². The molecule has 0 bridgehead atoms. The molecule has 1 aliphatic rings. The second-order valence-electron chi connectivity index (χ2n) is 19.2. The summed E-state index contributed by atoms with van der Waals surface area (Å²) >= 11 is 1.94. The Labute approximate surface area is 334 Å². The Morgan fingerprint density at radius 1 is 0.755 bits per heavy atom. The summed E-state index contributed by atoms with van der Waals surface area (Å²) in [4.78, 5) is 16.4. The fourth-order valence-electron chi connectivity index (χ4n) is 7.30. The summed E-state index contributed by atoms with van der Waals surface area (Å²) in [6, 6.07) is 26.5. The molecule has 6 aromatic rings. The van der Waals surface area contributed by atoms with Gasteiger partial charge in [-0.15, -0.1) is 40.5 Å². The molecule has 0 aliphatic heterocycles. The molecule has 0 fully saturated rings. The topological polar surface area (TPSA) is 50.2 Å². The van der Waals surface area contributed by atoms with Crippen molar-refractivity contribution in [2.75, 3.05) is 0 Å². The maximum absolute atomic E-state index is 11.5. The van der Waals surface area contributed by atoms with E-state index in [4.69, 9.17) is 4.98 Å². The average Bonchev–Trinajstić information content (AvgIpc) is 3.43. The number of rotatable bonds is 2. The second-order valence-corrected chi connectivity index (χ2v) is 20.3. The van der Waals surface area contributed by atoms with Crippen molar-refractivity contribution in [3.8, 4) is 11.3 Å². The van der Waals surface area contributed by atoms with Gasteiger partial charge in [0, 0.05) is 69.1 Å². The predicted molar refractivity (Wildman–Crippen MR) is 225 cm³/mol. The van der Waals surface area contributed by atoms with Crippen molar-refractivity contribution in [3.05, 3.63) is 101 Å². The average molecular weight is 903 g/mol. The van der Waals surface area contributed by atoms with E-state index in [1.54, 1.807) is 0 Å². The number of fused-ring (bicyclic) bond motifs is 7. The molecule has 0 saturated heterocycles. The van der Waals surface area contributed by atoms with Gasteiger partial charge < -0.3 is 5.11 Å². The minimum absolute atomic E-state index is 0. The molecule has 1 aliphatic carbocycles. The molecule has 1 N–H and O–H groups in total. The summed E-state index contributed by atoms with van der Waals surface area (Å²) in [5.41, 5.74) is 6.17. The van der Waals surface area contributed by atoms with Gasteiger partial charge >= 0.3 is 0 Å². The number of hydrogen-bond acceptors (Lipinski definition) is 4. The van der Waals surface area contributed by atoms with Gasteiger partial charge in [-0.2, -0.15) is 0 Å². The van der Waals surface area contributed by atoms with Gasteiger partial charge in [0.1, 0.15) is 5.76 Å². The zero-order valence-electron chi connectivity index (χ0n) is 33.9. The van der Waals surface area contributed by atoms with Crippen LogP contribution in [0.5, 0.6) is 0 Å². The maximum atomic E-state index is 11.5. The third kappa shape index (κ3) is 7.91. The monoisotopic (exact) mass is 903 g/mol. The van der Waals surface area contributed by atoms with Gasteiger partial charge in [-0.25, -0.2) is 0 Å². The van der Waals surface area contributed by atoms with Crippen molar-refractivity contribution in [1.29, 1.82) is 0 Å². The Bertz CT molecular complexity index is 2390. The van der Waals surface area contributed by atoms with Crippen LogP contribution in [0.15, 0.2) is 78.7 Å². The van der Waals surface area contributed by atoms with Gasteiger partial charge in [-0.3, -0.25) is 9.78 Å². The van der Waals surface area contributed by atoms with E-state index in [2.05, 4.69) is 115 Å². The molecular formula is C48H56IrNO2S-. The number of aliphatic hydroxyl groups is 1. The van der Waals surface area contributed by atoms with Gasteiger partial charge in [-0.05, 0) is 69.2 Å². The number of carbonyl (C=O) groups is 1. The molecule has 0 spiro atoms. The number of aliphatic hydroxyl groups excluding tert-OH is 1. The number of hydrogen-bond donors (Lipinski definition) is 1. The van der Waals surface area contributed by atoms with Gasteiger partial charge in [0.25, 0.3) is 0 Å². The number of aromatic nitrogens is 1. The van der Waals surface area contributed by atoms with Crippen LogP contribution in [0.2, 0.25) is 0 Å². The summed E-state index contributed by atoms with van der Waals surface area (Å²) < 4.78 is 2.76. The third-order valence-corrected chi connectivity index (χ3v) is 12.2. The second kappa shape index (κ2) is 14.0. The van der Waals surface area contributed by atoms with Crippen molar-refractivity contribution in [2.45, 2.75) is 119 Å². The fourth-order valence-corrected chi connectivity index (χ4v) is 8.55. The third-order valence-electron chi connectivity index (χ3n) is 11.0. The molecule has 0 unspecified atom stereocenters. The van der Waals surface area contributed by atoms with E-state index in [1.807, 2.05) is 59.1 Å². The number of benzene rings is 4. The van der Waals surface area contributed by atoms with Crippen LogP contribution >= 0.6 is 11.3 Å². The van der Waals surface area contributed by atoms with E-state index in [0.29, 0.717) is 0 Å². The molecule has 5 heteroatoms. The fraction of sp³-hybridized carbons (Fsp3) is 0.417. The number of carbonyl (C=O) groups excluding carboxylic acids is 1. The summed E-state index contributed by atoms with van der Waals surface area (Å²) in [6.07, 6.45) is 5.79. The Balaban J connectivity index is 0.000000334. The van der Waals surface area contributed by atoms with E-state index >= 15 is 0 Å². The first-order chi connectivity index (χ1) is 24.0. The van der Waals surface area contributed by atoms with Crippen molar-refractivity contribution in [3.63, 3.8) is 0 Å². The minimum Gasteiger partial charge on any atom is -0.512 e. The number of allylic oxidation sites excluding steroid dienone is 2. The Morgan fingerprint density at radius 3 is 1.94 bits per heavy atom. The number of ketones is 1. The van der Waals surface area contributed by atoms with Crippen LogP contribution in [0.4, 0.5) is 0 Å². The quantitative estimate of drug-likeness (QED) is 0.107. The maximum Gasteiger partial charge on any atom is 0.164 e. The molecule has 0 amide bonds. The van der Waals surface area contributed by atoms with Crippen LogP contribution in [0, 0.1) is 16.9 Å². The van der Waals surface area contributed by atoms with E-state index in [0.717, 1.165) is 16.6 Å². The van der Waals surface area contributed by atoms with Crippen LogP contribution in [0.1, 0.15) is 120 Å². The molecule has 0 atom stereocenters. The standard InChI is InChI=1S/C37H36NS.C11H20O2.Ir/c1-35(2,3)29-19-23(18-22-10-8-9-11-24(22)29)33-25-12-13-26-28-20-30-31(37(6,7)16-15-36(30,4)5)21-32(28)39-34(26)27(25)14-17-38-33;1-10(2,3)8(12)7-9(13)11(4,5)6;/h8-14,17,19-21H,15-16H2,1-7H3;7,12H,1-6H3;/q-1;;/b;8-7-;. The Kier molecular flexibility index (Phi) is 10.8. The van der Waals surface area contributed by atoms with Crippen molar-refractivity contribution >= 4 is 58.8 Å². The molecule has 3 nitrogen and oxygen atoms in total. The molecule has 0 saturated carbocycles. The van der Waals surface area contributed by atoms with E-state index in [9.17, 15) is 9.90 Å². The molecule has 2 aromatic heterocycles. The molecule has 1 radical (unpaired) electrons. The van der Waals surface area contributed by atoms with Crippen molar-refractivity contribution < 1.29 is 30.0 Å². The van der Waals surface area contributed by atoms with Crippen LogP contribution in [-0.4, -0.2) is 15.9 Å². The largest absolute Gasteiger partial charge is 0.512 e. The zero-order chi connectivity index (χ0) is 38.2. The molecule has 2 heterocycles. The molecule has 7 rings (SSSR count).